The van der Waals surface area contributed by atoms with Crippen LogP contribution in [-0.2, 0) is 0 Å². The number of benzene rings is 3. The fourth-order valence-electron chi connectivity index (χ4n) is 5.05. The third-order valence-electron chi connectivity index (χ3n) is 6.97. The highest BCUT2D eigenvalue weighted by atomic mass is 16.2. The Balaban J connectivity index is 1.41. The summed E-state index contributed by atoms with van der Waals surface area (Å²) in [6.07, 6.45) is 0. The van der Waals surface area contributed by atoms with Crippen LogP contribution in [0.4, 0.5) is 5.95 Å². The van der Waals surface area contributed by atoms with E-state index < -0.39 is 0 Å². The minimum Gasteiger partial charge on any atom is -0.338 e. The molecule has 6 rings (SSSR count). The normalized spacial score (nSPS) is 16.1. The maximum absolute atomic E-state index is 13.2. The molecule has 1 fully saturated rings. The molecular formula is C29H28N6O. The highest BCUT2D eigenvalue weighted by molar-refractivity contribution is 5.95. The van der Waals surface area contributed by atoms with Crippen LogP contribution in [0.25, 0.3) is 27.9 Å². The Labute approximate surface area is 210 Å². The smallest absolute Gasteiger partial charge is 0.254 e. The zero-order valence-corrected chi connectivity index (χ0v) is 20.7. The first-order valence-corrected chi connectivity index (χ1v) is 12.3. The molecule has 1 aliphatic heterocycles. The van der Waals surface area contributed by atoms with E-state index in [9.17, 15) is 4.79 Å². The molecule has 3 aromatic carbocycles. The lowest BCUT2D eigenvalue weighted by molar-refractivity contribution is 0.0673. The predicted octanol–water partition coefficient (Wildman–Crippen LogP) is 4.91. The Morgan fingerprint density at radius 2 is 1.69 bits per heavy atom. The van der Waals surface area contributed by atoms with Gasteiger partial charge < -0.3 is 9.80 Å². The first kappa shape index (κ1) is 22.2. The third kappa shape index (κ3) is 3.77. The van der Waals surface area contributed by atoms with Crippen molar-refractivity contribution < 1.29 is 4.79 Å². The van der Waals surface area contributed by atoms with E-state index in [0.717, 1.165) is 50.6 Å². The molecule has 0 saturated carbocycles. The van der Waals surface area contributed by atoms with Gasteiger partial charge in [0, 0.05) is 42.2 Å². The highest BCUT2D eigenvalue weighted by Crippen LogP contribution is 2.30. The number of carbonyl (C=O) groups excluding carboxylic acids is 1. The van der Waals surface area contributed by atoms with Gasteiger partial charge in [-0.2, -0.15) is 0 Å². The van der Waals surface area contributed by atoms with Gasteiger partial charge in [0.15, 0.2) is 11.5 Å². The van der Waals surface area contributed by atoms with Crippen LogP contribution < -0.4 is 4.90 Å². The number of piperazine rings is 1. The van der Waals surface area contributed by atoms with E-state index in [4.69, 9.17) is 4.98 Å². The molecule has 1 atom stereocenters. The quantitative estimate of drug-likeness (QED) is 0.370. The van der Waals surface area contributed by atoms with E-state index in [1.54, 1.807) is 0 Å². The summed E-state index contributed by atoms with van der Waals surface area (Å²) in [5.41, 5.74) is 5.72. The van der Waals surface area contributed by atoms with Crippen molar-refractivity contribution in [3.63, 3.8) is 0 Å². The Morgan fingerprint density at radius 3 is 2.47 bits per heavy atom. The molecule has 0 bridgehead atoms. The minimum atomic E-state index is 0.0229. The molecule has 1 amide bonds. The molecule has 7 nitrogen and oxygen atoms in total. The van der Waals surface area contributed by atoms with E-state index >= 15 is 0 Å². The second kappa shape index (κ2) is 8.75. The lowest BCUT2D eigenvalue weighted by Gasteiger charge is -2.40. The first-order valence-electron chi connectivity index (χ1n) is 12.3. The summed E-state index contributed by atoms with van der Waals surface area (Å²) in [6, 6.07) is 24.2. The van der Waals surface area contributed by atoms with Crippen molar-refractivity contribution in [3.8, 4) is 11.4 Å². The van der Waals surface area contributed by atoms with Gasteiger partial charge in [0.2, 0.25) is 5.95 Å². The minimum absolute atomic E-state index is 0.0229. The molecule has 5 aromatic rings. The number of anilines is 1. The summed E-state index contributed by atoms with van der Waals surface area (Å²) in [5.74, 6) is 1.65. The summed E-state index contributed by atoms with van der Waals surface area (Å²) >= 11 is 0. The van der Waals surface area contributed by atoms with Crippen molar-refractivity contribution in [1.82, 2.24) is 24.5 Å². The van der Waals surface area contributed by atoms with Gasteiger partial charge in [0.25, 0.3) is 5.91 Å². The van der Waals surface area contributed by atoms with E-state index in [0.29, 0.717) is 19.6 Å². The second-order valence-electron chi connectivity index (χ2n) is 9.64. The van der Waals surface area contributed by atoms with Crippen LogP contribution in [-0.4, -0.2) is 56.1 Å². The van der Waals surface area contributed by atoms with E-state index in [-0.39, 0.29) is 11.9 Å². The van der Waals surface area contributed by atoms with Crippen LogP contribution in [0.3, 0.4) is 0 Å². The van der Waals surface area contributed by atoms with Gasteiger partial charge in [0.1, 0.15) is 0 Å². The number of aromatic nitrogens is 4. The van der Waals surface area contributed by atoms with Crippen molar-refractivity contribution in [2.45, 2.75) is 26.8 Å². The molecule has 36 heavy (non-hydrogen) atoms. The largest absolute Gasteiger partial charge is 0.338 e. The van der Waals surface area contributed by atoms with E-state index in [1.807, 2.05) is 66.4 Å². The topological polar surface area (TPSA) is 66.6 Å². The number of aryl methyl sites for hydroxylation is 2. The van der Waals surface area contributed by atoms with Crippen LogP contribution in [0.15, 0.2) is 72.8 Å². The number of para-hydroxylation sites is 1. The molecule has 7 heteroatoms. The third-order valence-corrected chi connectivity index (χ3v) is 6.97. The summed E-state index contributed by atoms with van der Waals surface area (Å²) in [5, 5.41) is 10.2. The maximum atomic E-state index is 13.2. The second-order valence-corrected chi connectivity index (χ2v) is 9.64. The number of rotatable bonds is 3. The number of hydrogen-bond acceptors (Lipinski definition) is 5. The summed E-state index contributed by atoms with van der Waals surface area (Å²) in [6.45, 7) is 8.17. The summed E-state index contributed by atoms with van der Waals surface area (Å²) in [7, 11) is 0. The molecule has 180 valence electrons. The van der Waals surface area contributed by atoms with Gasteiger partial charge >= 0.3 is 0 Å². The Bertz CT molecular complexity index is 1590. The predicted molar refractivity (Wildman–Crippen MR) is 142 cm³/mol. The number of fused-ring (bicyclic) bond motifs is 3. The highest BCUT2D eigenvalue weighted by Gasteiger charge is 2.31. The van der Waals surface area contributed by atoms with Crippen LogP contribution in [0, 0.1) is 13.8 Å². The molecular weight excluding hydrogens is 448 g/mol. The lowest BCUT2D eigenvalue weighted by Crippen LogP contribution is -2.54. The van der Waals surface area contributed by atoms with Crippen molar-refractivity contribution >= 4 is 28.4 Å². The molecule has 1 aliphatic rings. The molecule has 1 saturated heterocycles. The van der Waals surface area contributed by atoms with E-state index in [1.165, 1.54) is 0 Å². The summed E-state index contributed by atoms with van der Waals surface area (Å²) < 4.78 is 2.07. The van der Waals surface area contributed by atoms with Crippen LogP contribution in [0.1, 0.15) is 28.4 Å². The molecule has 0 aliphatic carbocycles. The SMILES string of the molecule is Cc1ccc(C(=O)N2CCN(c3nc4ccccc4c4nnc(-c5cccc(C)c5)n34)C[C@H]2C)cc1. The molecule has 0 radical (unpaired) electrons. The molecule has 3 heterocycles. The molecule has 0 unspecified atom stereocenters. The van der Waals surface area contributed by atoms with Crippen LogP contribution in [0.5, 0.6) is 0 Å². The van der Waals surface area contributed by atoms with Crippen molar-refractivity contribution in [1.29, 1.82) is 0 Å². The van der Waals surface area contributed by atoms with Crippen LogP contribution in [0.2, 0.25) is 0 Å². The fourth-order valence-corrected chi connectivity index (χ4v) is 5.05. The number of amides is 1. The van der Waals surface area contributed by atoms with Crippen molar-refractivity contribution in [3.05, 3.63) is 89.5 Å². The zero-order chi connectivity index (χ0) is 24.8. The average molecular weight is 477 g/mol. The molecule has 0 spiro atoms. The standard InChI is InChI=1S/C29H28N6O/c1-19-11-13-22(14-12-19)28(36)34-16-15-33(18-21(34)3)29-30-25-10-5-4-9-24(25)27-32-31-26(35(27)29)23-8-6-7-20(2)17-23/h4-14,17,21H,15-16,18H2,1-3H3/t21-/m1/s1. The summed E-state index contributed by atoms with van der Waals surface area (Å²) in [4.78, 5) is 22.6. The Hall–Kier alpha value is -4.26. The monoisotopic (exact) mass is 476 g/mol. The van der Waals surface area contributed by atoms with Gasteiger partial charge in [-0.3, -0.25) is 4.79 Å². The Morgan fingerprint density at radius 1 is 0.889 bits per heavy atom. The number of carbonyl (C=O) groups is 1. The number of hydrogen-bond donors (Lipinski definition) is 0. The van der Waals surface area contributed by atoms with Crippen LogP contribution >= 0.6 is 0 Å². The van der Waals surface area contributed by atoms with Gasteiger partial charge in [-0.1, -0.05) is 53.6 Å². The fraction of sp³-hybridized carbons (Fsp3) is 0.241. The molecule has 2 aromatic heterocycles. The zero-order valence-electron chi connectivity index (χ0n) is 20.7. The molecule has 0 N–H and O–H groups in total. The van der Waals surface area contributed by atoms with Gasteiger partial charge in [-0.05, 0) is 51.1 Å². The van der Waals surface area contributed by atoms with Crippen molar-refractivity contribution in [2.75, 3.05) is 24.5 Å². The number of nitrogens with zero attached hydrogens (tertiary/aromatic N) is 6. The van der Waals surface area contributed by atoms with Crippen molar-refractivity contribution in [2.24, 2.45) is 0 Å². The van der Waals surface area contributed by atoms with Gasteiger partial charge in [0.05, 0.1) is 5.52 Å². The Kier molecular flexibility index (Phi) is 5.40. The van der Waals surface area contributed by atoms with E-state index in [2.05, 4.69) is 51.5 Å². The first-order chi connectivity index (χ1) is 17.5. The average Bonchev–Trinajstić information content (AvgIpc) is 3.34. The maximum Gasteiger partial charge on any atom is 0.254 e. The van der Waals surface area contributed by atoms with Gasteiger partial charge in [-0.15, -0.1) is 10.2 Å². The van der Waals surface area contributed by atoms with Gasteiger partial charge in [-0.25, -0.2) is 9.38 Å². The lowest BCUT2D eigenvalue weighted by atomic mass is 10.1.